The summed E-state index contributed by atoms with van der Waals surface area (Å²) in [7, 11) is 4.32. The number of amides is 1. The molecule has 1 saturated heterocycles. The van der Waals surface area contributed by atoms with Gasteiger partial charge in [0.25, 0.3) is 5.91 Å². The Morgan fingerprint density at radius 3 is 2.64 bits per heavy atom. The Kier molecular flexibility index (Phi) is 4.04. The van der Waals surface area contributed by atoms with Crippen LogP contribution in [0.3, 0.4) is 0 Å². The first kappa shape index (κ1) is 16.2. The number of fused-ring (bicyclic) bond motifs is 2. The molecule has 2 aliphatic rings. The third-order valence-corrected chi connectivity index (χ3v) is 5.89. The molecule has 1 spiro atoms. The van der Waals surface area contributed by atoms with Crippen molar-refractivity contribution < 1.29 is 4.79 Å². The molecule has 1 fully saturated rings. The lowest BCUT2D eigenvalue weighted by Gasteiger charge is -2.40. The van der Waals surface area contributed by atoms with E-state index >= 15 is 0 Å². The Bertz CT molecular complexity index is 766. The van der Waals surface area contributed by atoms with E-state index in [1.165, 1.54) is 11.1 Å². The highest BCUT2D eigenvalue weighted by Gasteiger charge is 2.46. The van der Waals surface area contributed by atoms with Crippen LogP contribution >= 0.6 is 0 Å². The summed E-state index contributed by atoms with van der Waals surface area (Å²) in [5.41, 5.74) is 3.59. The van der Waals surface area contributed by atoms with Crippen LogP contribution in [0.1, 0.15) is 46.9 Å². The van der Waals surface area contributed by atoms with E-state index in [4.69, 9.17) is 0 Å². The van der Waals surface area contributed by atoms with Crippen molar-refractivity contribution in [3.63, 3.8) is 0 Å². The van der Waals surface area contributed by atoms with E-state index in [2.05, 4.69) is 53.2 Å². The molecular weight excluding hydrogens is 312 g/mol. The van der Waals surface area contributed by atoms with Gasteiger partial charge >= 0.3 is 0 Å². The molecule has 0 bridgehead atoms. The third kappa shape index (κ3) is 2.72. The van der Waals surface area contributed by atoms with E-state index in [1.54, 1.807) is 18.6 Å². The topological polar surface area (TPSA) is 49.3 Å². The molecule has 5 nitrogen and oxygen atoms in total. The van der Waals surface area contributed by atoms with Gasteiger partial charge in [-0.1, -0.05) is 24.3 Å². The number of hydrogen-bond acceptors (Lipinski definition) is 4. The minimum atomic E-state index is -0.00149. The summed E-state index contributed by atoms with van der Waals surface area (Å²) in [4.78, 5) is 25.1. The molecule has 2 aromatic rings. The minimum absolute atomic E-state index is 0.00149. The predicted molar refractivity (Wildman–Crippen MR) is 96.3 cm³/mol. The van der Waals surface area contributed by atoms with Gasteiger partial charge in [0.2, 0.25) is 0 Å². The highest BCUT2D eigenvalue weighted by molar-refractivity contribution is 5.92. The molecule has 1 aromatic carbocycles. The van der Waals surface area contributed by atoms with Gasteiger partial charge in [-0.3, -0.25) is 9.78 Å². The van der Waals surface area contributed by atoms with Crippen LogP contribution in [0.15, 0.2) is 42.9 Å². The van der Waals surface area contributed by atoms with Crippen LogP contribution in [-0.2, 0) is 5.41 Å². The van der Waals surface area contributed by atoms with Crippen molar-refractivity contribution >= 4 is 5.91 Å². The lowest BCUT2D eigenvalue weighted by atomic mass is 9.73. The second kappa shape index (κ2) is 6.23. The number of hydrogen-bond donors (Lipinski definition) is 0. The maximum absolute atomic E-state index is 12.6. The van der Waals surface area contributed by atoms with Crippen molar-refractivity contribution in [1.29, 1.82) is 0 Å². The molecule has 25 heavy (non-hydrogen) atoms. The molecule has 0 saturated carbocycles. The maximum Gasteiger partial charge on any atom is 0.274 e. The molecule has 1 aromatic heterocycles. The summed E-state index contributed by atoms with van der Waals surface area (Å²) in [5, 5.41) is 0. The van der Waals surface area contributed by atoms with Gasteiger partial charge in [0, 0.05) is 36.9 Å². The van der Waals surface area contributed by atoms with Gasteiger partial charge in [0.1, 0.15) is 5.69 Å². The monoisotopic (exact) mass is 336 g/mol. The molecule has 2 heterocycles. The fourth-order valence-corrected chi connectivity index (χ4v) is 4.50. The summed E-state index contributed by atoms with van der Waals surface area (Å²) in [6, 6.07) is 9.32. The summed E-state index contributed by atoms with van der Waals surface area (Å²) in [5.74, 6) is -0.00149. The first-order chi connectivity index (χ1) is 12.1. The normalized spacial score (nSPS) is 21.6. The molecule has 0 radical (unpaired) electrons. The Morgan fingerprint density at radius 2 is 1.96 bits per heavy atom. The number of rotatable bonds is 2. The summed E-state index contributed by atoms with van der Waals surface area (Å²) in [6.45, 7) is 1.56. The average molecular weight is 336 g/mol. The summed E-state index contributed by atoms with van der Waals surface area (Å²) < 4.78 is 0. The fourth-order valence-electron chi connectivity index (χ4n) is 4.50. The molecule has 0 N–H and O–H groups in total. The first-order valence-electron chi connectivity index (χ1n) is 8.92. The number of aromatic nitrogens is 2. The van der Waals surface area contributed by atoms with Crippen molar-refractivity contribution in [3.05, 3.63) is 59.7 Å². The fraction of sp³-hybridized carbons (Fsp3) is 0.450. The first-order valence-corrected chi connectivity index (χ1v) is 8.92. The van der Waals surface area contributed by atoms with Crippen molar-refractivity contribution in [2.75, 3.05) is 27.2 Å². The molecule has 5 heteroatoms. The zero-order valence-corrected chi connectivity index (χ0v) is 14.9. The van der Waals surface area contributed by atoms with Crippen LogP contribution in [0.4, 0.5) is 0 Å². The van der Waals surface area contributed by atoms with Crippen LogP contribution in [0, 0.1) is 0 Å². The Morgan fingerprint density at radius 1 is 1.20 bits per heavy atom. The van der Waals surface area contributed by atoms with Gasteiger partial charge in [0.15, 0.2) is 0 Å². The van der Waals surface area contributed by atoms with E-state index in [0.29, 0.717) is 11.7 Å². The van der Waals surface area contributed by atoms with Gasteiger partial charge in [-0.05, 0) is 44.5 Å². The molecule has 0 unspecified atom stereocenters. The second-order valence-corrected chi connectivity index (χ2v) is 7.43. The van der Waals surface area contributed by atoms with Crippen LogP contribution in [0.25, 0.3) is 0 Å². The van der Waals surface area contributed by atoms with Gasteiger partial charge < -0.3 is 9.80 Å². The van der Waals surface area contributed by atoms with Crippen molar-refractivity contribution in [2.24, 2.45) is 0 Å². The zero-order chi connectivity index (χ0) is 17.4. The number of nitrogens with zero attached hydrogens (tertiary/aromatic N) is 4. The summed E-state index contributed by atoms with van der Waals surface area (Å²) in [6.07, 6.45) is 7.90. The lowest BCUT2D eigenvalue weighted by Crippen LogP contribution is -2.44. The molecule has 4 rings (SSSR count). The van der Waals surface area contributed by atoms with Crippen LogP contribution in [0.5, 0.6) is 0 Å². The van der Waals surface area contributed by atoms with Crippen molar-refractivity contribution in [3.8, 4) is 0 Å². The van der Waals surface area contributed by atoms with Crippen LogP contribution in [-0.4, -0.2) is 52.9 Å². The van der Waals surface area contributed by atoms with E-state index in [0.717, 1.165) is 32.4 Å². The molecule has 130 valence electrons. The molecular formula is C20H24N4O. The van der Waals surface area contributed by atoms with Crippen molar-refractivity contribution in [2.45, 2.75) is 30.7 Å². The number of benzene rings is 1. The van der Waals surface area contributed by atoms with Gasteiger partial charge in [-0.15, -0.1) is 0 Å². The Balaban J connectivity index is 1.55. The molecule has 1 aliphatic carbocycles. The Hall–Kier alpha value is -2.27. The number of likely N-dealkylation sites (tertiary alicyclic amines) is 1. The quantitative estimate of drug-likeness (QED) is 0.846. The number of carbonyl (C=O) groups excluding carboxylic acids is 1. The van der Waals surface area contributed by atoms with E-state index in [1.807, 2.05) is 4.90 Å². The molecule has 1 atom stereocenters. The van der Waals surface area contributed by atoms with Gasteiger partial charge in [-0.25, -0.2) is 4.98 Å². The number of carbonyl (C=O) groups is 1. The second-order valence-electron chi connectivity index (χ2n) is 7.43. The minimum Gasteiger partial charge on any atom is -0.337 e. The SMILES string of the molecule is CN(C)[C@H]1CC2(CCN(C(=O)c3cnccn3)CC2)c2ccccc21. The van der Waals surface area contributed by atoms with Crippen LogP contribution < -0.4 is 0 Å². The molecule has 1 amide bonds. The van der Waals surface area contributed by atoms with E-state index in [9.17, 15) is 4.79 Å². The number of piperidine rings is 1. The largest absolute Gasteiger partial charge is 0.337 e. The smallest absolute Gasteiger partial charge is 0.274 e. The lowest BCUT2D eigenvalue weighted by molar-refractivity contribution is 0.0646. The van der Waals surface area contributed by atoms with Crippen molar-refractivity contribution in [1.82, 2.24) is 19.8 Å². The summed E-state index contributed by atoms with van der Waals surface area (Å²) >= 11 is 0. The third-order valence-electron chi connectivity index (χ3n) is 5.89. The Labute approximate surface area is 148 Å². The maximum atomic E-state index is 12.6. The van der Waals surface area contributed by atoms with E-state index in [-0.39, 0.29) is 11.3 Å². The average Bonchev–Trinajstić information content (AvgIpc) is 2.97. The highest BCUT2D eigenvalue weighted by Crippen LogP contribution is 2.52. The standard InChI is InChI=1S/C20H24N4O/c1-23(2)18-13-20(16-6-4-3-5-15(16)18)7-11-24(12-8-20)19(25)17-14-21-9-10-22-17/h3-6,9-10,14,18H,7-8,11-13H2,1-2H3/t18-/m0/s1. The van der Waals surface area contributed by atoms with Gasteiger partial charge in [0.05, 0.1) is 6.20 Å². The highest BCUT2D eigenvalue weighted by atomic mass is 16.2. The predicted octanol–water partition coefficient (Wildman–Crippen LogP) is 2.66. The van der Waals surface area contributed by atoms with Gasteiger partial charge in [-0.2, -0.15) is 0 Å². The van der Waals surface area contributed by atoms with Crippen LogP contribution in [0.2, 0.25) is 0 Å². The molecule has 1 aliphatic heterocycles. The zero-order valence-electron chi connectivity index (χ0n) is 14.9. The van der Waals surface area contributed by atoms with E-state index < -0.39 is 0 Å².